The van der Waals surface area contributed by atoms with Gasteiger partial charge in [-0.05, 0) is 62.1 Å². The van der Waals surface area contributed by atoms with E-state index in [-0.39, 0.29) is 0 Å². The van der Waals surface area contributed by atoms with Crippen LogP contribution in [0.5, 0.6) is 0 Å². The van der Waals surface area contributed by atoms with Gasteiger partial charge in [-0.15, -0.1) is 0 Å². The van der Waals surface area contributed by atoms with Crippen LogP contribution in [0.1, 0.15) is 52.4 Å². The number of benzene rings is 1. The van der Waals surface area contributed by atoms with E-state index in [2.05, 4.69) is 12.2 Å². The van der Waals surface area contributed by atoms with Crippen LogP contribution in [0.2, 0.25) is 0 Å². The number of rotatable bonds is 2. The summed E-state index contributed by atoms with van der Waals surface area (Å²) in [5.74, 6) is -0.842. The van der Waals surface area contributed by atoms with Gasteiger partial charge in [0.05, 0.1) is 5.56 Å². The Bertz CT molecular complexity index is 434. The Balaban J connectivity index is 2.40. The van der Waals surface area contributed by atoms with Crippen molar-refractivity contribution in [3.63, 3.8) is 0 Å². The van der Waals surface area contributed by atoms with Gasteiger partial charge in [0.2, 0.25) is 0 Å². The van der Waals surface area contributed by atoms with Crippen LogP contribution in [0.15, 0.2) is 12.1 Å². The molecule has 0 aliphatic carbocycles. The van der Waals surface area contributed by atoms with Crippen LogP contribution in [0.25, 0.3) is 0 Å². The van der Waals surface area contributed by atoms with E-state index in [1.807, 2.05) is 13.0 Å². The molecule has 0 bridgehead atoms. The van der Waals surface area contributed by atoms with E-state index in [0.29, 0.717) is 11.6 Å². The van der Waals surface area contributed by atoms with Gasteiger partial charge in [0.15, 0.2) is 0 Å². The molecule has 3 heteroatoms. The van der Waals surface area contributed by atoms with Gasteiger partial charge in [0, 0.05) is 6.04 Å². The highest BCUT2D eigenvalue weighted by molar-refractivity contribution is 5.88. The van der Waals surface area contributed by atoms with Gasteiger partial charge in [-0.2, -0.15) is 0 Å². The van der Waals surface area contributed by atoms with Gasteiger partial charge in [-0.3, -0.25) is 0 Å². The van der Waals surface area contributed by atoms with Crippen molar-refractivity contribution in [3.05, 3.63) is 34.4 Å². The second kappa shape index (κ2) is 4.88. The molecule has 0 aromatic heterocycles. The summed E-state index contributed by atoms with van der Waals surface area (Å²) in [7, 11) is 0. The quantitative estimate of drug-likeness (QED) is 0.825. The lowest BCUT2D eigenvalue weighted by Crippen LogP contribution is -2.27. The van der Waals surface area contributed by atoms with Gasteiger partial charge >= 0.3 is 5.97 Å². The average Bonchev–Trinajstić information content (AvgIpc) is 2.33. The molecule has 0 spiro atoms. The third-order valence-electron chi connectivity index (χ3n) is 3.64. The highest BCUT2D eigenvalue weighted by Gasteiger charge is 2.19. The molecule has 2 rings (SSSR count). The maximum absolute atomic E-state index is 11.1. The van der Waals surface area contributed by atoms with Crippen molar-refractivity contribution < 1.29 is 9.90 Å². The molecule has 17 heavy (non-hydrogen) atoms. The monoisotopic (exact) mass is 233 g/mol. The topological polar surface area (TPSA) is 49.3 Å². The van der Waals surface area contributed by atoms with Gasteiger partial charge in [0.1, 0.15) is 0 Å². The Hall–Kier alpha value is -1.35. The van der Waals surface area contributed by atoms with Crippen LogP contribution < -0.4 is 5.32 Å². The van der Waals surface area contributed by atoms with E-state index in [4.69, 9.17) is 5.11 Å². The fourth-order valence-corrected chi connectivity index (χ4v) is 2.49. The van der Waals surface area contributed by atoms with Crippen molar-refractivity contribution in [1.82, 2.24) is 5.32 Å². The molecule has 1 fully saturated rings. The Morgan fingerprint density at radius 2 is 2.12 bits per heavy atom. The van der Waals surface area contributed by atoms with E-state index in [9.17, 15) is 4.79 Å². The largest absolute Gasteiger partial charge is 0.478 e. The molecule has 1 aliphatic rings. The van der Waals surface area contributed by atoms with Crippen LogP contribution >= 0.6 is 0 Å². The number of aromatic carboxylic acids is 1. The first-order chi connectivity index (χ1) is 8.09. The van der Waals surface area contributed by atoms with Crippen LogP contribution in [-0.4, -0.2) is 17.6 Å². The third-order valence-corrected chi connectivity index (χ3v) is 3.64. The molecular weight excluding hydrogens is 214 g/mol. The predicted molar refractivity (Wildman–Crippen MR) is 67.5 cm³/mol. The van der Waals surface area contributed by atoms with Crippen molar-refractivity contribution in [2.75, 3.05) is 6.54 Å². The number of carboxylic acids is 1. The van der Waals surface area contributed by atoms with Crippen molar-refractivity contribution in [3.8, 4) is 0 Å². The second-order valence-corrected chi connectivity index (χ2v) is 4.82. The lowest BCUT2D eigenvalue weighted by atomic mass is 9.90. The first kappa shape index (κ1) is 12.1. The first-order valence-corrected chi connectivity index (χ1v) is 6.17. The van der Waals surface area contributed by atoms with Crippen LogP contribution in [0.3, 0.4) is 0 Å². The van der Waals surface area contributed by atoms with Crippen molar-refractivity contribution in [2.24, 2.45) is 0 Å². The van der Waals surface area contributed by atoms with E-state index in [0.717, 1.165) is 24.1 Å². The van der Waals surface area contributed by atoms with Crippen LogP contribution in [0, 0.1) is 13.8 Å². The molecular formula is C14H19NO2. The van der Waals surface area contributed by atoms with Crippen molar-refractivity contribution in [1.29, 1.82) is 0 Å². The number of aryl methyl sites for hydroxylation is 1. The zero-order valence-corrected chi connectivity index (χ0v) is 10.4. The number of carboxylic acid groups (broad SMARTS) is 1. The standard InChI is InChI=1S/C14H19NO2/c1-9-7-11(14(16)17)8-12(10(9)2)13-5-3-4-6-15-13/h7-8,13,15H,3-6H2,1-2H3,(H,16,17). The smallest absolute Gasteiger partial charge is 0.335 e. The highest BCUT2D eigenvalue weighted by Crippen LogP contribution is 2.28. The zero-order valence-electron chi connectivity index (χ0n) is 10.4. The number of piperidine rings is 1. The Kier molecular flexibility index (Phi) is 3.48. The zero-order chi connectivity index (χ0) is 12.4. The first-order valence-electron chi connectivity index (χ1n) is 6.17. The fourth-order valence-electron chi connectivity index (χ4n) is 2.49. The summed E-state index contributed by atoms with van der Waals surface area (Å²) in [5, 5.41) is 12.6. The summed E-state index contributed by atoms with van der Waals surface area (Å²) in [6.45, 7) is 5.08. The summed E-state index contributed by atoms with van der Waals surface area (Å²) >= 11 is 0. The molecule has 1 aromatic rings. The summed E-state index contributed by atoms with van der Waals surface area (Å²) < 4.78 is 0. The number of nitrogens with one attached hydrogen (secondary N) is 1. The molecule has 0 amide bonds. The van der Waals surface area contributed by atoms with Gasteiger partial charge in [0.25, 0.3) is 0 Å². The minimum absolute atomic E-state index is 0.321. The molecule has 3 nitrogen and oxygen atoms in total. The highest BCUT2D eigenvalue weighted by atomic mass is 16.4. The minimum atomic E-state index is -0.842. The number of carbonyl (C=O) groups is 1. The molecule has 2 N–H and O–H groups in total. The fraction of sp³-hybridized carbons (Fsp3) is 0.500. The summed E-state index contributed by atoms with van der Waals surface area (Å²) in [4.78, 5) is 11.1. The summed E-state index contributed by atoms with van der Waals surface area (Å²) in [6.07, 6.45) is 3.53. The average molecular weight is 233 g/mol. The lowest BCUT2D eigenvalue weighted by Gasteiger charge is -2.26. The lowest BCUT2D eigenvalue weighted by molar-refractivity contribution is 0.0696. The molecule has 1 unspecified atom stereocenters. The van der Waals surface area contributed by atoms with Crippen LogP contribution in [-0.2, 0) is 0 Å². The molecule has 0 radical (unpaired) electrons. The minimum Gasteiger partial charge on any atom is -0.478 e. The Labute approximate surface area is 102 Å². The maximum atomic E-state index is 11.1. The summed E-state index contributed by atoms with van der Waals surface area (Å²) in [6, 6.07) is 3.90. The van der Waals surface area contributed by atoms with E-state index in [1.54, 1.807) is 6.07 Å². The van der Waals surface area contributed by atoms with Gasteiger partial charge in [-0.25, -0.2) is 4.79 Å². The predicted octanol–water partition coefficient (Wildman–Crippen LogP) is 2.82. The molecule has 0 saturated carbocycles. The molecule has 1 heterocycles. The molecule has 1 aromatic carbocycles. The van der Waals surface area contributed by atoms with E-state index >= 15 is 0 Å². The van der Waals surface area contributed by atoms with Crippen LogP contribution in [0.4, 0.5) is 0 Å². The molecule has 1 atom stereocenters. The molecule has 1 saturated heterocycles. The third kappa shape index (κ3) is 2.50. The normalized spacial score (nSPS) is 20.2. The maximum Gasteiger partial charge on any atom is 0.335 e. The Morgan fingerprint density at radius 3 is 2.71 bits per heavy atom. The molecule has 1 aliphatic heterocycles. The van der Waals surface area contributed by atoms with Crippen molar-refractivity contribution >= 4 is 5.97 Å². The van der Waals surface area contributed by atoms with Gasteiger partial charge < -0.3 is 10.4 Å². The van der Waals surface area contributed by atoms with Gasteiger partial charge in [-0.1, -0.05) is 6.42 Å². The molecule has 92 valence electrons. The number of hydrogen-bond donors (Lipinski definition) is 2. The van der Waals surface area contributed by atoms with E-state index < -0.39 is 5.97 Å². The number of hydrogen-bond acceptors (Lipinski definition) is 2. The SMILES string of the molecule is Cc1cc(C(=O)O)cc(C2CCCCN2)c1C. The van der Waals surface area contributed by atoms with E-state index in [1.165, 1.54) is 18.4 Å². The Morgan fingerprint density at radius 1 is 1.35 bits per heavy atom. The second-order valence-electron chi connectivity index (χ2n) is 4.82. The summed E-state index contributed by atoms with van der Waals surface area (Å²) in [5.41, 5.74) is 3.83. The van der Waals surface area contributed by atoms with Crippen molar-refractivity contribution in [2.45, 2.75) is 39.2 Å².